The van der Waals surface area contributed by atoms with Crippen molar-refractivity contribution in [3.8, 4) is 11.3 Å². The number of hydrogen-bond acceptors (Lipinski definition) is 3. The van der Waals surface area contributed by atoms with Gasteiger partial charge >= 0.3 is 0 Å². The molecule has 0 fully saturated rings. The highest BCUT2D eigenvalue weighted by Gasteiger charge is 2.10. The largest absolute Gasteiger partial charge is 0.319 e. The Morgan fingerprint density at radius 3 is 2.68 bits per heavy atom. The molecule has 0 aliphatic heterocycles. The van der Waals surface area contributed by atoms with Gasteiger partial charge in [0.05, 0.1) is 10.6 Å². The normalized spacial score (nSPS) is 11.9. The number of aryl methyl sites for hydroxylation is 2. The van der Waals surface area contributed by atoms with Crippen LogP contribution in [0.2, 0.25) is 0 Å². The molecule has 0 N–H and O–H groups in total. The Morgan fingerprint density at radius 1 is 1.18 bits per heavy atom. The van der Waals surface area contributed by atoms with E-state index in [0.717, 1.165) is 5.69 Å². The molecule has 3 nitrogen and oxygen atoms in total. The predicted octanol–water partition coefficient (Wildman–Crippen LogP) is 4.17. The van der Waals surface area contributed by atoms with E-state index < -0.39 is 0 Å². The van der Waals surface area contributed by atoms with Crippen molar-refractivity contribution in [3.63, 3.8) is 0 Å². The number of hydrogen-bond donors (Lipinski definition) is 0. The maximum absolute atomic E-state index is 12.1. The van der Waals surface area contributed by atoms with Gasteiger partial charge in [-0.15, -0.1) is 22.7 Å². The van der Waals surface area contributed by atoms with Gasteiger partial charge in [-0.05, 0) is 30.9 Å². The molecule has 0 aliphatic rings. The fraction of sp³-hybridized carbons (Fsp3) is 0.176. The van der Waals surface area contributed by atoms with Gasteiger partial charge in [0, 0.05) is 18.0 Å². The first-order valence-electron chi connectivity index (χ1n) is 6.91. The maximum atomic E-state index is 12.1. The number of thiophene rings is 1. The maximum Gasteiger partial charge on any atom is 0.289 e. The van der Waals surface area contributed by atoms with Crippen molar-refractivity contribution in [2.75, 3.05) is 0 Å². The minimum absolute atomic E-state index is 0.181. The molecular weight excluding hydrogens is 312 g/mol. The number of amides is 1. The van der Waals surface area contributed by atoms with Crippen molar-refractivity contribution < 1.29 is 4.79 Å². The number of benzene rings is 1. The first-order chi connectivity index (χ1) is 10.6. The number of thiazole rings is 1. The first-order valence-corrected chi connectivity index (χ1v) is 8.67. The number of aromatic nitrogens is 1. The van der Waals surface area contributed by atoms with E-state index in [-0.39, 0.29) is 5.91 Å². The summed E-state index contributed by atoms with van der Waals surface area (Å²) in [5, 5.41) is 3.94. The summed E-state index contributed by atoms with van der Waals surface area (Å²) in [7, 11) is 1.95. The average molecular weight is 328 g/mol. The molecular formula is C17H16N2OS2. The lowest BCUT2D eigenvalue weighted by molar-refractivity contribution is 0.100. The van der Waals surface area contributed by atoms with Crippen LogP contribution in [0.5, 0.6) is 0 Å². The third-order valence-corrected chi connectivity index (χ3v) is 5.29. The molecule has 0 aliphatic carbocycles. The third kappa shape index (κ3) is 2.82. The number of carbonyl (C=O) groups excluding carboxylic acids is 1. The summed E-state index contributed by atoms with van der Waals surface area (Å²) in [4.78, 5) is 17.8. The molecule has 3 aromatic rings. The van der Waals surface area contributed by atoms with Crippen LogP contribution in [-0.4, -0.2) is 10.5 Å². The molecule has 112 valence electrons. The van der Waals surface area contributed by atoms with E-state index >= 15 is 0 Å². The van der Waals surface area contributed by atoms with E-state index in [0.29, 0.717) is 9.68 Å². The van der Waals surface area contributed by atoms with Gasteiger partial charge in [0.25, 0.3) is 5.91 Å². The van der Waals surface area contributed by atoms with Crippen LogP contribution in [0.15, 0.2) is 46.1 Å². The van der Waals surface area contributed by atoms with Crippen LogP contribution in [0.4, 0.5) is 0 Å². The second kappa shape index (κ2) is 6.02. The quantitative estimate of drug-likeness (QED) is 0.695. The monoisotopic (exact) mass is 328 g/mol. The Balaban J connectivity index is 2.04. The van der Waals surface area contributed by atoms with Crippen LogP contribution >= 0.6 is 22.7 Å². The fourth-order valence-electron chi connectivity index (χ4n) is 2.36. The molecule has 2 heterocycles. The van der Waals surface area contributed by atoms with Crippen molar-refractivity contribution >= 4 is 28.6 Å². The van der Waals surface area contributed by atoms with E-state index in [1.807, 2.05) is 23.1 Å². The van der Waals surface area contributed by atoms with Crippen LogP contribution in [-0.2, 0) is 7.05 Å². The van der Waals surface area contributed by atoms with Gasteiger partial charge in [-0.1, -0.05) is 29.8 Å². The predicted molar refractivity (Wildman–Crippen MR) is 92.4 cm³/mol. The van der Waals surface area contributed by atoms with Crippen LogP contribution in [0.3, 0.4) is 0 Å². The zero-order chi connectivity index (χ0) is 15.7. The van der Waals surface area contributed by atoms with Gasteiger partial charge < -0.3 is 4.57 Å². The smallest absolute Gasteiger partial charge is 0.289 e. The molecule has 0 bridgehead atoms. The van der Waals surface area contributed by atoms with E-state index in [1.165, 1.54) is 39.4 Å². The highest BCUT2D eigenvalue weighted by molar-refractivity contribution is 7.12. The van der Waals surface area contributed by atoms with Gasteiger partial charge in [-0.3, -0.25) is 4.79 Å². The lowest BCUT2D eigenvalue weighted by Gasteiger charge is -2.07. The van der Waals surface area contributed by atoms with Crippen molar-refractivity contribution in [2.24, 2.45) is 12.0 Å². The summed E-state index contributed by atoms with van der Waals surface area (Å²) >= 11 is 2.91. The molecule has 0 radical (unpaired) electrons. The summed E-state index contributed by atoms with van der Waals surface area (Å²) in [6.45, 7) is 4.19. The molecule has 5 heteroatoms. The van der Waals surface area contributed by atoms with Gasteiger partial charge in [0.2, 0.25) is 0 Å². The van der Waals surface area contributed by atoms with Crippen molar-refractivity contribution in [1.82, 2.24) is 4.57 Å². The summed E-state index contributed by atoms with van der Waals surface area (Å²) < 4.78 is 1.98. The molecule has 3 rings (SSSR count). The third-order valence-electron chi connectivity index (χ3n) is 3.51. The zero-order valence-electron chi connectivity index (χ0n) is 12.7. The van der Waals surface area contributed by atoms with Gasteiger partial charge in [0.15, 0.2) is 4.80 Å². The van der Waals surface area contributed by atoms with Gasteiger partial charge in [-0.2, -0.15) is 4.99 Å². The Labute approximate surface area is 137 Å². The SMILES string of the molecule is Cc1ccc(-c2cs/c(=N/C(=O)c3cccs3)n2C)c(C)c1. The summed E-state index contributed by atoms with van der Waals surface area (Å²) in [6, 6.07) is 10.1. The Hall–Kier alpha value is -1.98. The summed E-state index contributed by atoms with van der Waals surface area (Å²) in [6.07, 6.45) is 0. The summed E-state index contributed by atoms with van der Waals surface area (Å²) in [5.74, 6) is -0.181. The van der Waals surface area contributed by atoms with E-state index in [1.54, 1.807) is 6.07 Å². The van der Waals surface area contributed by atoms with Gasteiger partial charge in [-0.25, -0.2) is 0 Å². The molecule has 0 spiro atoms. The molecule has 1 amide bonds. The highest BCUT2D eigenvalue weighted by Crippen LogP contribution is 2.24. The second-order valence-electron chi connectivity index (χ2n) is 5.18. The van der Waals surface area contributed by atoms with Crippen molar-refractivity contribution in [2.45, 2.75) is 13.8 Å². The minimum atomic E-state index is -0.181. The number of nitrogens with zero attached hydrogens (tertiary/aromatic N) is 2. The second-order valence-corrected chi connectivity index (χ2v) is 6.96. The first kappa shape index (κ1) is 14.9. The Bertz CT molecular complexity index is 886. The van der Waals surface area contributed by atoms with Gasteiger partial charge in [0.1, 0.15) is 0 Å². The van der Waals surface area contributed by atoms with Crippen LogP contribution < -0.4 is 4.80 Å². The highest BCUT2D eigenvalue weighted by atomic mass is 32.1. The molecule has 2 aromatic heterocycles. The average Bonchev–Trinajstić information content (AvgIpc) is 3.11. The number of carbonyl (C=O) groups is 1. The lowest BCUT2D eigenvalue weighted by atomic mass is 10.0. The van der Waals surface area contributed by atoms with Crippen LogP contribution in [0.25, 0.3) is 11.3 Å². The molecule has 22 heavy (non-hydrogen) atoms. The molecule has 0 atom stereocenters. The Kier molecular flexibility index (Phi) is 4.09. The molecule has 1 aromatic carbocycles. The van der Waals surface area contributed by atoms with E-state index in [9.17, 15) is 4.79 Å². The molecule has 0 unspecified atom stereocenters. The number of rotatable bonds is 2. The van der Waals surface area contributed by atoms with Crippen LogP contribution in [0, 0.1) is 13.8 Å². The van der Waals surface area contributed by atoms with Crippen molar-refractivity contribution in [1.29, 1.82) is 0 Å². The van der Waals surface area contributed by atoms with Crippen LogP contribution in [0.1, 0.15) is 20.8 Å². The standard InChI is InChI=1S/C17H16N2OS2/c1-11-6-7-13(12(2)9-11)14-10-22-17(19(14)3)18-16(20)15-5-4-8-21-15/h4-10H,1-3H3/b18-17+. The topological polar surface area (TPSA) is 34.4 Å². The summed E-state index contributed by atoms with van der Waals surface area (Å²) in [5.41, 5.74) is 4.73. The zero-order valence-corrected chi connectivity index (χ0v) is 14.3. The Morgan fingerprint density at radius 2 is 2.00 bits per heavy atom. The lowest BCUT2D eigenvalue weighted by Crippen LogP contribution is -2.14. The fourth-order valence-corrected chi connectivity index (χ4v) is 3.86. The van der Waals surface area contributed by atoms with Crippen molar-refractivity contribution in [3.05, 3.63) is 61.9 Å². The minimum Gasteiger partial charge on any atom is -0.319 e. The molecule has 0 saturated heterocycles. The molecule has 0 saturated carbocycles. The van der Waals surface area contributed by atoms with E-state index in [2.05, 4.69) is 42.4 Å². The van der Waals surface area contributed by atoms with E-state index in [4.69, 9.17) is 0 Å².